The van der Waals surface area contributed by atoms with Gasteiger partial charge in [0.25, 0.3) is 0 Å². The fourth-order valence-corrected chi connectivity index (χ4v) is 9.28. The van der Waals surface area contributed by atoms with Crippen molar-refractivity contribution in [3.63, 3.8) is 0 Å². The summed E-state index contributed by atoms with van der Waals surface area (Å²) in [6, 6.07) is 70.1. The van der Waals surface area contributed by atoms with Crippen molar-refractivity contribution in [1.82, 2.24) is 9.97 Å². The molecule has 0 fully saturated rings. The van der Waals surface area contributed by atoms with Crippen LogP contribution in [0.4, 0.5) is 0 Å². The average molecular weight is 727 g/mol. The summed E-state index contributed by atoms with van der Waals surface area (Å²) in [5, 5.41) is 7.24. The Balaban J connectivity index is 1.10. The summed E-state index contributed by atoms with van der Waals surface area (Å²) in [5.41, 5.74) is 15.1. The van der Waals surface area contributed by atoms with Gasteiger partial charge in [-0.2, -0.15) is 0 Å². The van der Waals surface area contributed by atoms with Gasteiger partial charge in [0.15, 0.2) is 5.82 Å². The summed E-state index contributed by atoms with van der Waals surface area (Å²) >= 11 is 0. The maximum atomic E-state index is 5.39. The lowest BCUT2D eigenvalue weighted by atomic mass is 9.78. The van der Waals surface area contributed by atoms with Gasteiger partial charge in [0, 0.05) is 22.1 Å². The molecule has 11 rings (SSSR count). The molecule has 1 aliphatic rings. The maximum absolute atomic E-state index is 5.39. The highest BCUT2D eigenvalue weighted by Crippen LogP contribution is 2.54. The molecule has 9 aromatic carbocycles. The summed E-state index contributed by atoms with van der Waals surface area (Å²) in [4.78, 5) is 10.7. The Labute approximate surface area is 332 Å². The molecule has 0 aliphatic heterocycles. The molecule has 0 atom stereocenters. The molecule has 1 aliphatic carbocycles. The lowest BCUT2D eigenvalue weighted by Gasteiger charge is -2.25. The van der Waals surface area contributed by atoms with Crippen molar-refractivity contribution in [3.05, 3.63) is 205 Å². The van der Waals surface area contributed by atoms with Crippen molar-refractivity contribution in [2.24, 2.45) is 0 Å². The predicted molar refractivity (Wildman–Crippen MR) is 239 cm³/mol. The van der Waals surface area contributed by atoms with Gasteiger partial charge in [-0.1, -0.05) is 184 Å². The molecule has 1 heterocycles. The van der Waals surface area contributed by atoms with E-state index in [0.717, 1.165) is 33.5 Å². The van der Waals surface area contributed by atoms with E-state index < -0.39 is 0 Å². The molecule has 0 saturated carbocycles. The summed E-state index contributed by atoms with van der Waals surface area (Å²) in [7, 11) is 0. The van der Waals surface area contributed by atoms with Crippen LogP contribution in [0.3, 0.4) is 0 Å². The molecular formula is C55H38N2. The first-order chi connectivity index (χ1) is 28.0. The molecule has 2 heteroatoms. The van der Waals surface area contributed by atoms with Crippen molar-refractivity contribution in [3.8, 4) is 67.3 Å². The lowest BCUT2D eigenvalue weighted by molar-refractivity contribution is 0.663. The Hall–Kier alpha value is -7.16. The van der Waals surface area contributed by atoms with Crippen LogP contribution in [0.15, 0.2) is 194 Å². The first-order valence-electron chi connectivity index (χ1n) is 19.7. The van der Waals surface area contributed by atoms with E-state index >= 15 is 0 Å². The number of aromatic nitrogens is 2. The molecule has 1 aromatic heterocycles. The number of benzene rings is 9. The molecule has 2 nitrogen and oxygen atoms in total. The van der Waals surface area contributed by atoms with Crippen LogP contribution in [-0.2, 0) is 5.41 Å². The first-order valence-corrected chi connectivity index (χ1v) is 19.7. The zero-order valence-corrected chi connectivity index (χ0v) is 31.9. The Kier molecular flexibility index (Phi) is 7.55. The zero-order valence-electron chi connectivity index (χ0n) is 31.9. The molecule has 0 radical (unpaired) electrons. The standard InChI is InChI=1S/C55H38N2/c1-55(2)50-33-40-18-7-6-17-39(40)32-49(50)47-25-13-24-46(53(47)55)44-30-31-48(43-22-11-10-21-42(43)44)54-56-51(38-28-26-36(27-29-38)35-14-4-3-5-15-35)34-52(57-54)45-23-12-19-37-16-8-9-20-41(37)45/h3-34H,1-2H3. The van der Waals surface area contributed by atoms with Crippen LogP contribution in [0.5, 0.6) is 0 Å². The molecule has 0 spiro atoms. The molecule has 268 valence electrons. The van der Waals surface area contributed by atoms with E-state index in [-0.39, 0.29) is 5.41 Å². The van der Waals surface area contributed by atoms with Gasteiger partial charge in [-0.25, -0.2) is 9.97 Å². The van der Waals surface area contributed by atoms with E-state index in [0.29, 0.717) is 5.82 Å². The second-order valence-electron chi connectivity index (χ2n) is 15.7. The molecular weight excluding hydrogens is 689 g/mol. The SMILES string of the molecule is CC1(C)c2cc3ccccc3cc2-c2cccc(-c3ccc(-c4nc(-c5ccc(-c6ccccc6)cc5)cc(-c5cccc6ccccc56)n4)c4ccccc34)c21. The molecule has 10 aromatic rings. The Morgan fingerprint density at radius 2 is 0.860 bits per heavy atom. The lowest BCUT2D eigenvalue weighted by Crippen LogP contribution is -2.16. The van der Waals surface area contributed by atoms with Crippen LogP contribution >= 0.6 is 0 Å². The van der Waals surface area contributed by atoms with Crippen LogP contribution in [0.25, 0.3) is 99.6 Å². The fraction of sp³-hybridized carbons (Fsp3) is 0.0545. The van der Waals surface area contributed by atoms with Gasteiger partial charge in [0.1, 0.15) is 0 Å². The molecule has 0 N–H and O–H groups in total. The zero-order chi connectivity index (χ0) is 38.1. The van der Waals surface area contributed by atoms with E-state index in [9.17, 15) is 0 Å². The van der Waals surface area contributed by atoms with E-state index in [1.54, 1.807) is 0 Å². The predicted octanol–water partition coefficient (Wildman–Crippen LogP) is 14.6. The van der Waals surface area contributed by atoms with Gasteiger partial charge in [-0.15, -0.1) is 0 Å². The number of nitrogens with zero attached hydrogens (tertiary/aromatic N) is 2. The van der Waals surface area contributed by atoms with Crippen LogP contribution in [0.2, 0.25) is 0 Å². The molecule has 0 unspecified atom stereocenters. The highest BCUT2D eigenvalue weighted by atomic mass is 14.9. The monoisotopic (exact) mass is 726 g/mol. The number of hydrogen-bond donors (Lipinski definition) is 0. The highest BCUT2D eigenvalue weighted by Gasteiger charge is 2.38. The van der Waals surface area contributed by atoms with Gasteiger partial charge in [-0.3, -0.25) is 0 Å². The van der Waals surface area contributed by atoms with E-state index in [4.69, 9.17) is 9.97 Å². The third-order valence-electron chi connectivity index (χ3n) is 12.1. The van der Waals surface area contributed by atoms with E-state index in [2.05, 4.69) is 208 Å². The Morgan fingerprint density at radius 3 is 1.63 bits per heavy atom. The van der Waals surface area contributed by atoms with Crippen LogP contribution in [0, 0.1) is 0 Å². The van der Waals surface area contributed by atoms with Crippen molar-refractivity contribution in [2.75, 3.05) is 0 Å². The first kappa shape index (κ1) is 33.2. The van der Waals surface area contributed by atoms with Crippen molar-refractivity contribution in [2.45, 2.75) is 19.3 Å². The quantitative estimate of drug-likeness (QED) is 0.176. The second-order valence-corrected chi connectivity index (χ2v) is 15.7. The summed E-state index contributed by atoms with van der Waals surface area (Å²) in [6.07, 6.45) is 0. The van der Waals surface area contributed by atoms with Gasteiger partial charge >= 0.3 is 0 Å². The molecule has 0 bridgehead atoms. The summed E-state index contributed by atoms with van der Waals surface area (Å²) < 4.78 is 0. The van der Waals surface area contributed by atoms with Crippen LogP contribution in [-0.4, -0.2) is 9.97 Å². The van der Waals surface area contributed by atoms with E-state index in [1.165, 1.54) is 71.4 Å². The molecule has 0 saturated heterocycles. The van der Waals surface area contributed by atoms with Gasteiger partial charge in [0.05, 0.1) is 11.4 Å². The summed E-state index contributed by atoms with van der Waals surface area (Å²) in [5.74, 6) is 0.711. The number of hydrogen-bond acceptors (Lipinski definition) is 2. The molecule has 57 heavy (non-hydrogen) atoms. The van der Waals surface area contributed by atoms with Crippen molar-refractivity contribution < 1.29 is 0 Å². The average Bonchev–Trinajstić information content (AvgIpc) is 3.50. The largest absolute Gasteiger partial charge is 0.228 e. The Morgan fingerprint density at radius 1 is 0.333 bits per heavy atom. The smallest absolute Gasteiger partial charge is 0.161 e. The van der Waals surface area contributed by atoms with Gasteiger partial charge in [-0.05, 0) is 101 Å². The number of rotatable bonds is 5. The maximum Gasteiger partial charge on any atom is 0.161 e. The minimum Gasteiger partial charge on any atom is -0.228 e. The van der Waals surface area contributed by atoms with Crippen LogP contribution < -0.4 is 0 Å². The fourth-order valence-electron chi connectivity index (χ4n) is 9.28. The minimum absolute atomic E-state index is 0.175. The minimum atomic E-state index is -0.175. The van der Waals surface area contributed by atoms with Crippen LogP contribution in [0.1, 0.15) is 25.0 Å². The van der Waals surface area contributed by atoms with Gasteiger partial charge < -0.3 is 0 Å². The topological polar surface area (TPSA) is 25.8 Å². The second kappa shape index (κ2) is 13.0. The van der Waals surface area contributed by atoms with Crippen molar-refractivity contribution in [1.29, 1.82) is 0 Å². The molecule has 0 amide bonds. The Bertz CT molecular complexity index is 3190. The summed E-state index contributed by atoms with van der Waals surface area (Å²) in [6.45, 7) is 4.76. The third kappa shape index (κ3) is 5.40. The van der Waals surface area contributed by atoms with E-state index in [1.807, 2.05) is 0 Å². The highest BCUT2D eigenvalue weighted by molar-refractivity contribution is 6.07. The third-order valence-corrected chi connectivity index (χ3v) is 12.1. The normalized spacial score (nSPS) is 12.9. The number of fused-ring (bicyclic) bond motifs is 6. The van der Waals surface area contributed by atoms with Gasteiger partial charge in [0.2, 0.25) is 0 Å². The van der Waals surface area contributed by atoms with Crippen molar-refractivity contribution >= 4 is 32.3 Å².